The molecule has 14 heteroatoms. The number of esters is 1. The van der Waals surface area contributed by atoms with E-state index in [2.05, 4.69) is 30.4 Å². The van der Waals surface area contributed by atoms with Crippen LogP contribution < -0.4 is 10.6 Å². The van der Waals surface area contributed by atoms with Gasteiger partial charge in [0.15, 0.2) is 0 Å². The molecular weight excluding hydrogens is 593 g/mol. The van der Waals surface area contributed by atoms with E-state index in [0.29, 0.717) is 28.1 Å². The standard InChI is InChI=1S/C30H31F3N6O3.CH2O2/c1-18-25(27(40)42-4)26(24-12-11-20(15-34)13-21(24)17-39(2,3)16-19-7-5-8-19)38-28(35-36-29(38)41)37(18)23-10-6-9-22(14-23)30(31,32)33;2-1-3/h6,9-14,19,26H,5,7-8,16-17H2,1-4H3;1H,(H,2,3)/p+1/t26-;/m1./s1. The van der Waals surface area contributed by atoms with Crippen molar-refractivity contribution >= 4 is 24.1 Å². The van der Waals surface area contributed by atoms with E-state index in [1.807, 2.05) is 0 Å². The summed E-state index contributed by atoms with van der Waals surface area (Å²) in [5.41, 5.74) is 0.655. The topological polar surface area (TPSA) is 141 Å². The van der Waals surface area contributed by atoms with E-state index >= 15 is 0 Å². The molecule has 1 aliphatic carbocycles. The third kappa shape index (κ3) is 6.78. The number of quaternary nitrogens is 1. The molecule has 0 spiro atoms. The maximum atomic E-state index is 13.6. The fourth-order valence-corrected chi connectivity index (χ4v) is 6.06. The van der Waals surface area contributed by atoms with E-state index in [0.717, 1.165) is 24.2 Å². The van der Waals surface area contributed by atoms with E-state index in [-0.39, 0.29) is 29.4 Å². The summed E-state index contributed by atoms with van der Waals surface area (Å²) in [4.78, 5) is 36.5. The minimum absolute atomic E-state index is 0.0213. The van der Waals surface area contributed by atoms with Gasteiger partial charge in [0.1, 0.15) is 12.6 Å². The zero-order valence-corrected chi connectivity index (χ0v) is 25.3. The maximum Gasteiger partial charge on any atom is 0.416 e. The number of carbonyl (C=O) groups is 2. The molecule has 3 aromatic rings. The molecule has 11 nitrogen and oxygen atoms in total. The number of alkyl halides is 3. The number of carboxylic acid groups (broad SMARTS) is 1. The smallest absolute Gasteiger partial charge is 0.416 e. The Balaban J connectivity index is 0.00000148. The molecule has 0 bridgehead atoms. The number of halogens is 3. The van der Waals surface area contributed by atoms with E-state index < -0.39 is 29.4 Å². The zero-order chi connectivity index (χ0) is 33.1. The number of aromatic amines is 1. The van der Waals surface area contributed by atoms with Crippen molar-refractivity contribution in [1.29, 1.82) is 5.26 Å². The van der Waals surface area contributed by atoms with Gasteiger partial charge in [-0.3, -0.25) is 9.69 Å². The Labute approximate surface area is 257 Å². The molecule has 1 atom stereocenters. The number of hydrogen-bond donors (Lipinski definition) is 2. The Bertz CT molecular complexity index is 1720. The van der Waals surface area contributed by atoms with E-state index in [1.165, 1.54) is 48.0 Å². The minimum atomic E-state index is -4.61. The van der Waals surface area contributed by atoms with Crippen LogP contribution in [0.3, 0.4) is 0 Å². The molecule has 0 saturated heterocycles. The van der Waals surface area contributed by atoms with Crippen molar-refractivity contribution in [1.82, 2.24) is 14.8 Å². The van der Waals surface area contributed by atoms with Gasteiger partial charge in [-0.05, 0) is 55.7 Å². The predicted molar refractivity (Wildman–Crippen MR) is 157 cm³/mol. The lowest BCUT2D eigenvalue weighted by Gasteiger charge is -2.39. The Morgan fingerprint density at radius 2 is 1.93 bits per heavy atom. The van der Waals surface area contributed by atoms with Crippen molar-refractivity contribution in [3.8, 4) is 6.07 Å². The van der Waals surface area contributed by atoms with Gasteiger partial charge in [-0.1, -0.05) is 18.6 Å². The van der Waals surface area contributed by atoms with Crippen molar-refractivity contribution in [3.63, 3.8) is 0 Å². The van der Waals surface area contributed by atoms with Crippen molar-refractivity contribution in [2.75, 3.05) is 32.6 Å². The van der Waals surface area contributed by atoms with Gasteiger partial charge in [-0.25, -0.2) is 19.3 Å². The molecule has 2 N–H and O–H groups in total. The van der Waals surface area contributed by atoms with Gasteiger partial charge in [-0.2, -0.15) is 18.4 Å². The molecule has 0 radical (unpaired) electrons. The fourth-order valence-electron chi connectivity index (χ4n) is 6.06. The summed E-state index contributed by atoms with van der Waals surface area (Å²) in [6.45, 7) is 2.78. The highest BCUT2D eigenvalue weighted by Gasteiger charge is 2.41. The number of rotatable bonds is 7. The Morgan fingerprint density at radius 1 is 1.24 bits per heavy atom. The summed E-state index contributed by atoms with van der Waals surface area (Å²) in [6.07, 6.45) is -1.06. The zero-order valence-electron chi connectivity index (χ0n) is 25.3. The molecule has 2 heterocycles. The van der Waals surface area contributed by atoms with Crippen LogP contribution in [0.2, 0.25) is 0 Å². The summed E-state index contributed by atoms with van der Waals surface area (Å²) in [6, 6.07) is 10.9. The normalized spacial score (nSPS) is 16.6. The molecule has 1 aliphatic heterocycles. The van der Waals surface area contributed by atoms with Gasteiger partial charge >= 0.3 is 17.8 Å². The molecule has 0 amide bonds. The lowest BCUT2D eigenvalue weighted by molar-refractivity contribution is -0.907. The third-order valence-corrected chi connectivity index (χ3v) is 8.12. The third-order valence-electron chi connectivity index (χ3n) is 8.12. The summed E-state index contributed by atoms with van der Waals surface area (Å²) in [5, 5.41) is 23.2. The highest BCUT2D eigenvalue weighted by Crippen LogP contribution is 2.44. The van der Waals surface area contributed by atoms with Crippen LogP contribution in [0.5, 0.6) is 0 Å². The number of anilines is 2. The average Bonchev–Trinajstić information content (AvgIpc) is 3.34. The fraction of sp³-hybridized carbons (Fsp3) is 0.387. The van der Waals surface area contributed by atoms with Gasteiger partial charge in [-0.15, -0.1) is 5.10 Å². The second-order valence-electron chi connectivity index (χ2n) is 11.7. The first-order valence-electron chi connectivity index (χ1n) is 14.1. The number of H-pyrrole nitrogens is 1. The maximum absolute atomic E-state index is 13.6. The molecule has 2 aliphatic rings. The van der Waals surface area contributed by atoms with Crippen LogP contribution in [-0.4, -0.2) is 64.5 Å². The van der Waals surface area contributed by atoms with Crippen LogP contribution in [0, 0.1) is 17.2 Å². The van der Waals surface area contributed by atoms with E-state index in [4.69, 9.17) is 14.6 Å². The number of aromatic nitrogens is 3. The monoisotopic (exact) mass is 627 g/mol. The molecule has 45 heavy (non-hydrogen) atoms. The SMILES string of the molecule is COC(=O)C1=C(C)N(c2cccc(C(F)(F)F)c2)c2n[nH]c(=O)n2[C@@H]1c1ccc(C#N)cc1C[N+](C)(C)CC1CCC1.O=CO. The van der Waals surface area contributed by atoms with Crippen molar-refractivity contribution in [2.24, 2.45) is 5.92 Å². The first-order chi connectivity index (χ1) is 21.3. The molecular formula is C31H34F3N6O5+. The number of hydrogen-bond acceptors (Lipinski definition) is 7. The Kier molecular flexibility index (Phi) is 9.53. The van der Waals surface area contributed by atoms with Crippen LogP contribution in [0.1, 0.15) is 54.5 Å². The number of benzene rings is 2. The Hall–Kier alpha value is -4.90. The number of nitriles is 1. The summed E-state index contributed by atoms with van der Waals surface area (Å²) >= 11 is 0. The number of methoxy groups -OCH3 is 1. The first kappa shape index (κ1) is 33.0. The number of carbonyl (C=O) groups excluding carboxylic acids is 1. The van der Waals surface area contributed by atoms with Gasteiger partial charge < -0.3 is 14.3 Å². The second-order valence-corrected chi connectivity index (χ2v) is 11.7. The van der Waals surface area contributed by atoms with Gasteiger partial charge in [0.2, 0.25) is 5.95 Å². The lowest BCUT2D eigenvalue weighted by Crippen LogP contribution is -2.45. The van der Waals surface area contributed by atoms with Gasteiger partial charge in [0, 0.05) is 22.9 Å². The molecule has 2 aromatic carbocycles. The molecule has 0 unspecified atom stereocenters. The first-order valence-corrected chi connectivity index (χ1v) is 14.1. The number of fused-ring (bicyclic) bond motifs is 1. The summed E-state index contributed by atoms with van der Waals surface area (Å²) in [5.74, 6) is -0.117. The summed E-state index contributed by atoms with van der Waals surface area (Å²) < 4.78 is 47.9. The van der Waals surface area contributed by atoms with Crippen LogP contribution in [0.25, 0.3) is 0 Å². The predicted octanol–water partition coefficient (Wildman–Crippen LogP) is 4.73. The number of ether oxygens (including phenoxy) is 1. The quantitative estimate of drug-likeness (QED) is 0.218. The Morgan fingerprint density at radius 3 is 2.51 bits per heavy atom. The molecule has 5 rings (SSSR count). The van der Waals surface area contributed by atoms with Gasteiger partial charge in [0.25, 0.3) is 6.47 Å². The van der Waals surface area contributed by atoms with Gasteiger partial charge in [0.05, 0.1) is 50.5 Å². The van der Waals surface area contributed by atoms with E-state index in [9.17, 15) is 28.0 Å². The molecule has 1 fully saturated rings. The van der Waals surface area contributed by atoms with Crippen LogP contribution in [-0.2, 0) is 27.0 Å². The van der Waals surface area contributed by atoms with Crippen molar-refractivity contribution in [2.45, 2.75) is 44.9 Å². The van der Waals surface area contributed by atoms with Crippen LogP contribution in [0.4, 0.5) is 24.8 Å². The molecule has 238 valence electrons. The lowest BCUT2D eigenvalue weighted by atomic mass is 9.84. The average molecular weight is 628 g/mol. The number of nitrogens with one attached hydrogen (secondary N) is 1. The minimum Gasteiger partial charge on any atom is -0.483 e. The highest BCUT2D eigenvalue weighted by molar-refractivity contribution is 5.93. The highest BCUT2D eigenvalue weighted by atomic mass is 19.4. The second kappa shape index (κ2) is 13.0. The van der Waals surface area contributed by atoms with Crippen LogP contribution >= 0.6 is 0 Å². The number of nitrogens with zero attached hydrogens (tertiary/aromatic N) is 5. The van der Waals surface area contributed by atoms with E-state index in [1.54, 1.807) is 25.1 Å². The molecule has 1 aromatic heterocycles. The van der Waals surface area contributed by atoms with Crippen molar-refractivity contribution < 1.29 is 37.1 Å². The number of allylic oxidation sites excluding steroid dienone is 1. The van der Waals surface area contributed by atoms with Crippen LogP contribution in [0.15, 0.2) is 58.5 Å². The van der Waals surface area contributed by atoms with Crippen molar-refractivity contribution in [3.05, 3.63) is 86.5 Å². The molecule has 1 saturated carbocycles. The largest absolute Gasteiger partial charge is 0.483 e. The summed E-state index contributed by atoms with van der Waals surface area (Å²) in [7, 11) is 5.42.